The van der Waals surface area contributed by atoms with Crippen LogP contribution in [0.3, 0.4) is 0 Å². The molecule has 0 aromatic heterocycles. The van der Waals surface area contributed by atoms with Crippen molar-refractivity contribution in [1.82, 2.24) is 14.5 Å². The lowest BCUT2D eigenvalue weighted by Gasteiger charge is -2.53. The average molecular weight is 815 g/mol. The van der Waals surface area contributed by atoms with Crippen LogP contribution in [-0.2, 0) is 36.4 Å². The van der Waals surface area contributed by atoms with Gasteiger partial charge < -0.3 is 14.4 Å². The maximum atomic E-state index is 13.7. The number of ether oxygens (including phenoxy) is 2. The van der Waals surface area contributed by atoms with Crippen molar-refractivity contribution < 1.29 is 31.1 Å². The molecule has 7 atom stereocenters. The molecule has 55 heavy (non-hydrogen) atoms. The number of benzene rings is 2. The SMILES string of the molecule is CO[C@@]1(CN2CCN3CCS(=O)(=O)C[C@@H]3C2)/C=C\C[C@H](C)[C@@H](C)S(=O)(=O)NC(=O)c2ccc3c(c2)N(C[C@@H]2CC[C@H]21)C[C@@]1(CCCc2cc(Cl)ccc21)CO3. The highest BCUT2D eigenvalue weighted by molar-refractivity contribution is 7.91. The van der Waals surface area contributed by atoms with Crippen molar-refractivity contribution in [2.75, 3.05) is 75.9 Å². The van der Waals surface area contributed by atoms with Crippen LogP contribution >= 0.6 is 11.6 Å². The summed E-state index contributed by atoms with van der Waals surface area (Å²) in [6.45, 7) is 8.90. The average Bonchev–Trinajstić information content (AvgIpc) is 3.28. The predicted molar refractivity (Wildman–Crippen MR) is 215 cm³/mol. The fraction of sp³-hybridized carbons (Fsp3) is 0.634. The van der Waals surface area contributed by atoms with Crippen molar-refractivity contribution in [1.29, 1.82) is 0 Å². The third kappa shape index (κ3) is 7.58. The summed E-state index contributed by atoms with van der Waals surface area (Å²) in [5.41, 5.74) is 2.56. The Morgan fingerprint density at radius 1 is 1.04 bits per heavy atom. The summed E-state index contributed by atoms with van der Waals surface area (Å²) in [4.78, 5) is 20.8. The monoisotopic (exact) mass is 814 g/mol. The molecule has 2 aromatic carbocycles. The van der Waals surface area contributed by atoms with Gasteiger partial charge in [0, 0.05) is 75.0 Å². The number of nitrogens with one attached hydrogen (secondary N) is 1. The van der Waals surface area contributed by atoms with E-state index in [1.165, 1.54) is 11.1 Å². The zero-order valence-corrected chi connectivity index (χ0v) is 34.6. The molecule has 6 aliphatic rings. The summed E-state index contributed by atoms with van der Waals surface area (Å²) in [7, 11) is -5.30. The number of sulfonamides is 1. The number of sulfone groups is 1. The van der Waals surface area contributed by atoms with Crippen molar-refractivity contribution >= 4 is 43.1 Å². The van der Waals surface area contributed by atoms with Crippen molar-refractivity contribution in [3.05, 3.63) is 70.3 Å². The van der Waals surface area contributed by atoms with E-state index in [2.05, 4.69) is 43.7 Å². The van der Waals surface area contributed by atoms with Gasteiger partial charge in [-0.25, -0.2) is 21.6 Å². The Kier molecular flexibility index (Phi) is 10.6. The van der Waals surface area contributed by atoms with E-state index in [1.807, 2.05) is 19.1 Å². The molecule has 2 aromatic rings. The molecule has 0 unspecified atom stereocenters. The van der Waals surface area contributed by atoms with Gasteiger partial charge in [0.15, 0.2) is 9.84 Å². The molecule has 4 aliphatic heterocycles. The van der Waals surface area contributed by atoms with Gasteiger partial charge in [0.2, 0.25) is 10.0 Å². The minimum absolute atomic E-state index is 0.0395. The highest BCUT2D eigenvalue weighted by Gasteiger charge is 2.50. The smallest absolute Gasteiger partial charge is 0.264 e. The van der Waals surface area contributed by atoms with Gasteiger partial charge in [0.1, 0.15) is 11.4 Å². The molecule has 1 saturated carbocycles. The highest BCUT2D eigenvalue weighted by Crippen LogP contribution is 2.49. The number of carbonyl (C=O) groups is 1. The molecule has 300 valence electrons. The van der Waals surface area contributed by atoms with Crippen LogP contribution in [0.25, 0.3) is 0 Å². The third-order valence-corrected chi connectivity index (χ3v) is 17.8. The van der Waals surface area contributed by atoms with Crippen LogP contribution < -0.4 is 14.4 Å². The van der Waals surface area contributed by atoms with E-state index in [0.717, 1.165) is 55.9 Å². The number of halogens is 1. The van der Waals surface area contributed by atoms with E-state index in [4.69, 9.17) is 21.1 Å². The minimum atomic E-state index is -4.01. The standard InChI is InChI=1S/C41H55ClN4O7S2/c1-28-6-4-15-41(52-3,26-44-16-17-45-18-19-54(48,49)24-34(45)23-44)36-11-8-32(36)22-46-25-40(14-5-7-30-20-33(42)10-12-35(30)40)27-53-38-13-9-31(21-37(38)46)39(47)43-55(50,51)29(28)2/h4,9-10,12-13,15,20-21,28-29,32,34,36H,5-8,11,14,16-19,22-27H2,1-3H3,(H,43,47)/b15-4-/t28-,29+,32-,34-,36+,40-,41+/m0/s1. The molecule has 1 spiro atoms. The lowest BCUT2D eigenvalue weighted by atomic mass is 9.63. The molecule has 0 radical (unpaired) electrons. The van der Waals surface area contributed by atoms with Crippen LogP contribution in [0.1, 0.15) is 67.4 Å². The summed E-state index contributed by atoms with van der Waals surface area (Å²) >= 11 is 6.50. The van der Waals surface area contributed by atoms with Crippen LogP contribution in [0.4, 0.5) is 5.69 Å². The van der Waals surface area contributed by atoms with Crippen LogP contribution in [-0.4, -0.2) is 120 Å². The van der Waals surface area contributed by atoms with Crippen LogP contribution in [0, 0.1) is 17.8 Å². The fourth-order valence-corrected chi connectivity index (χ4v) is 13.4. The minimum Gasteiger partial charge on any atom is -0.490 e. The Labute approximate surface area is 331 Å². The van der Waals surface area contributed by atoms with Crippen LogP contribution in [0.15, 0.2) is 48.6 Å². The molecule has 2 saturated heterocycles. The Balaban J connectivity index is 1.18. The summed E-state index contributed by atoms with van der Waals surface area (Å²) in [5.74, 6) is 0.555. The summed E-state index contributed by atoms with van der Waals surface area (Å²) in [6.07, 6.45) is 9.61. The molecular weight excluding hydrogens is 760 g/mol. The van der Waals surface area contributed by atoms with Gasteiger partial charge >= 0.3 is 0 Å². The van der Waals surface area contributed by atoms with E-state index >= 15 is 0 Å². The number of nitrogens with zero attached hydrogens (tertiary/aromatic N) is 3. The molecule has 3 fully saturated rings. The Morgan fingerprint density at radius 3 is 2.65 bits per heavy atom. The molecule has 8 rings (SSSR count). The largest absolute Gasteiger partial charge is 0.490 e. The second-order valence-electron chi connectivity index (χ2n) is 17.2. The molecule has 2 aliphatic carbocycles. The number of piperazine rings is 1. The van der Waals surface area contributed by atoms with Gasteiger partial charge in [-0.1, -0.05) is 36.7 Å². The molecule has 11 nitrogen and oxygen atoms in total. The third-order valence-electron chi connectivity index (χ3n) is 13.9. The van der Waals surface area contributed by atoms with E-state index in [0.29, 0.717) is 51.5 Å². The Bertz CT molecular complexity index is 2060. The number of aryl methyl sites for hydroxylation is 1. The highest BCUT2D eigenvalue weighted by atomic mass is 35.5. The lowest BCUT2D eigenvalue weighted by molar-refractivity contribution is -0.0981. The van der Waals surface area contributed by atoms with E-state index < -0.39 is 36.6 Å². The fourth-order valence-electron chi connectivity index (χ4n) is 10.3. The number of fused-ring (bicyclic) bond motifs is 5. The van der Waals surface area contributed by atoms with Crippen LogP contribution in [0.2, 0.25) is 5.02 Å². The van der Waals surface area contributed by atoms with Crippen molar-refractivity contribution in [3.8, 4) is 5.75 Å². The molecule has 1 N–H and O–H groups in total. The van der Waals surface area contributed by atoms with E-state index in [1.54, 1.807) is 26.2 Å². The van der Waals surface area contributed by atoms with Crippen molar-refractivity contribution in [2.24, 2.45) is 17.8 Å². The summed E-state index contributed by atoms with van der Waals surface area (Å²) in [6, 6.07) is 11.4. The zero-order chi connectivity index (χ0) is 38.8. The van der Waals surface area contributed by atoms with Gasteiger partial charge in [0.05, 0.1) is 29.0 Å². The number of hydrogen-bond acceptors (Lipinski definition) is 10. The number of methoxy groups -OCH3 is 1. The first-order valence-electron chi connectivity index (χ1n) is 20.0. The van der Waals surface area contributed by atoms with Crippen molar-refractivity contribution in [2.45, 2.75) is 74.7 Å². The lowest BCUT2D eigenvalue weighted by Crippen LogP contribution is -2.63. The molecular formula is C41H55ClN4O7S2. The Hall–Kier alpha value is -2.68. The second kappa shape index (κ2) is 14.9. The summed E-state index contributed by atoms with van der Waals surface area (Å²) < 4.78 is 68.3. The molecule has 2 bridgehead atoms. The normalized spacial score (nSPS) is 35.5. The van der Waals surface area contributed by atoms with Gasteiger partial charge in [-0.2, -0.15) is 0 Å². The number of rotatable bonds is 3. The quantitative estimate of drug-likeness (QED) is 0.437. The van der Waals surface area contributed by atoms with Gasteiger partial charge in [-0.15, -0.1) is 0 Å². The number of allylic oxidation sites excluding steroid dienone is 1. The molecule has 4 heterocycles. The number of amides is 1. The zero-order valence-electron chi connectivity index (χ0n) is 32.2. The topological polar surface area (TPSA) is 126 Å². The van der Waals surface area contributed by atoms with Gasteiger partial charge in [0.25, 0.3) is 5.91 Å². The first-order valence-corrected chi connectivity index (χ1v) is 23.7. The first kappa shape index (κ1) is 39.2. The Morgan fingerprint density at radius 2 is 1.87 bits per heavy atom. The predicted octanol–water partition coefficient (Wildman–Crippen LogP) is 4.68. The molecule has 1 amide bonds. The number of anilines is 1. The molecule has 14 heteroatoms. The maximum absolute atomic E-state index is 13.7. The van der Waals surface area contributed by atoms with Gasteiger partial charge in [-0.05, 0) is 105 Å². The van der Waals surface area contributed by atoms with E-state index in [-0.39, 0.29) is 46.3 Å². The number of carbonyl (C=O) groups excluding carboxylic acids is 1. The van der Waals surface area contributed by atoms with Crippen molar-refractivity contribution in [3.63, 3.8) is 0 Å². The summed E-state index contributed by atoms with van der Waals surface area (Å²) in [5, 5.41) is -0.107. The first-order chi connectivity index (χ1) is 26.2. The van der Waals surface area contributed by atoms with E-state index in [9.17, 15) is 21.6 Å². The van der Waals surface area contributed by atoms with Gasteiger partial charge in [-0.3, -0.25) is 14.6 Å². The maximum Gasteiger partial charge on any atom is 0.264 e. The second-order valence-corrected chi connectivity index (χ2v) is 21.9. The number of hydrogen-bond donors (Lipinski definition) is 1. The van der Waals surface area contributed by atoms with Crippen LogP contribution in [0.5, 0.6) is 5.75 Å².